The quantitative estimate of drug-likeness (QED) is 0.740. The molecule has 2 aliphatic rings. The molecular formula is C16H18BrFO2. The van der Waals surface area contributed by atoms with Crippen LogP contribution in [0.25, 0.3) is 0 Å². The van der Waals surface area contributed by atoms with Crippen molar-refractivity contribution in [1.29, 1.82) is 0 Å². The van der Waals surface area contributed by atoms with Gasteiger partial charge in [-0.3, -0.25) is 4.79 Å². The van der Waals surface area contributed by atoms with Gasteiger partial charge < -0.3 is 4.74 Å². The lowest BCUT2D eigenvalue weighted by atomic mass is 9.81. The Labute approximate surface area is 126 Å². The third-order valence-corrected chi connectivity index (χ3v) is 5.19. The maximum Gasteiger partial charge on any atom is 0.166 e. The molecule has 1 saturated heterocycles. The molecule has 20 heavy (non-hydrogen) atoms. The molecule has 1 atom stereocenters. The second-order valence-electron chi connectivity index (χ2n) is 5.92. The molecule has 3 rings (SSSR count). The summed E-state index contributed by atoms with van der Waals surface area (Å²) in [6, 6.07) is 4.52. The average Bonchev–Trinajstić information content (AvgIpc) is 2.89. The van der Waals surface area contributed by atoms with E-state index in [1.54, 1.807) is 12.1 Å². The van der Waals surface area contributed by atoms with Crippen LogP contribution in [-0.2, 0) is 4.74 Å². The van der Waals surface area contributed by atoms with Gasteiger partial charge in [-0.15, -0.1) is 0 Å². The van der Waals surface area contributed by atoms with Gasteiger partial charge in [0, 0.05) is 18.1 Å². The molecule has 1 heterocycles. The Morgan fingerprint density at radius 1 is 1.35 bits per heavy atom. The van der Waals surface area contributed by atoms with Crippen molar-refractivity contribution in [2.75, 3.05) is 6.61 Å². The number of rotatable bonds is 2. The Morgan fingerprint density at radius 3 is 2.80 bits per heavy atom. The van der Waals surface area contributed by atoms with Crippen LogP contribution in [-0.4, -0.2) is 18.0 Å². The molecule has 1 aliphatic heterocycles. The average molecular weight is 341 g/mol. The molecule has 1 spiro atoms. The third-order valence-electron chi connectivity index (χ3n) is 4.58. The molecule has 108 valence electrons. The van der Waals surface area contributed by atoms with E-state index < -0.39 is 0 Å². The van der Waals surface area contributed by atoms with Crippen molar-refractivity contribution in [3.63, 3.8) is 0 Å². The van der Waals surface area contributed by atoms with Gasteiger partial charge in [0.2, 0.25) is 0 Å². The van der Waals surface area contributed by atoms with E-state index in [-0.39, 0.29) is 23.1 Å². The molecule has 1 aromatic carbocycles. The number of carbonyl (C=O) groups excluding carboxylic acids is 1. The van der Waals surface area contributed by atoms with Gasteiger partial charge in [0.05, 0.1) is 10.1 Å². The van der Waals surface area contributed by atoms with Crippen LogP contribution in [0.2, 0.25) is 0 Å². The minimum atomic E-state index is -0.333. The number of ether oxygens (including phenoxy) is 1. The van der Waals surface area contributed by atoms with Crippen molar-refractivity contribution in [2.45, 2.75) is 44.1 Å². The van der Waals surface area contributed by atoms with Crippen LogP contribution in [0, 0.1) is 11.7 Å². The summed E-state index contributed by atoms with van der Waals surface area (Å²) < 4.78 is 19.6. The van der Waals surface area contributed by atoms with Crippen LogP contribution in [0.1, 0.15) is 48.9 Å². The second-order valence-corrected chi connectivity index (χ2v) is 6.78. The first-order valence-corrected chi connectivity index (χ1v) is 8.02. The number of halogens is 2. The highest BCUT2D eigenvalue weighted by molar-refractivity contribution is 9.10. The van der Waals surface area contributed by atoms with E-state index in [9.17, 15) is 9.18 Å². The molecule has 1 aliphatic carbocycles. The second kappa shape index (κ2) is 5.57. The minimum Gasteiger partial charge on any atom is -0.375 e. The maximum atomic E-state index is 13.3. The van der Waals surface area contributed by atoms with E-state index in [2.05, 4.69) is 15.9 Å². The summed E-state index contributed by atoms with van der Waals surface area (Å²) in [7, 11) is 0. The number of benzene rings is 1. The standard InChI is InChI=1S/C16H18BrFO2/c17-13-9-11(3-4-14(13)18)15(19)12-5-8-20-16(10-12)6-1-2-7-16/h3-4,9,12H,1-2,5-8,10H2. The minimum absolute atomic E-state index is 0.0132. The highest BCUT2D eigenvalue weighted by Gasteiger charge is 2.42. The monoisotopic (exact) mass is 340 g/mol. The summed E-state index contributed by atoms with van der Waals surface area (Å²) in [5.41, 5.74) is 0.536. The first kappa shape index (κ1) is 14.2. The number of hydrogen-bond acceptors (Lipinski definition) is 2. The smallest absolute Gasteiger partial charge is 0.166 e. The fourth-order valence-corrected chi connectivity index (χ4v) is 3.88. The van der Waals surface area contributed by atoms with E-state index in [0.717, 1.165) is 25.7 Å². The Bertz CT molecular complexity index is 523. The Kier molecular flexibility index (Phi) is 3.95. The molecule has 1 saturated carbocycles. The summed E-state index contributed by atoms with van der Waals surface area (Å²) in [5.74, 6) is -0.194. The lowest BCUT2D eigenvalue weighted by molar-refractivity contribution is -0.0866. The maximum absolute atomic E-state index is 13.3. The molecule has 2 nitrogen and oxygen atoms in total. The zero-order valence-corrected chi connectivity index (χ0v) is 12.9. The first-order chi connectivity index (χ1) is 9.60. The first-order valence-electron chi connectivity index (χ1n) is 7.23. The molecule has 0 N–H and O–H groups in total. The van der Waals surface area contributed by atoms with E-state index in [1.807, 2.05) is 0 Å². The SMILES string of the molecule is O=C(c1ccc(F)c(Br)c1)C1CCOC2(CCCC2)C1. The summed E-state index contributed by atoms with van der Waals surface area (Å²) in [6.45, 7) is 0.665. The molecule has 1 unspecified atom stereocenters. The van der Waals surface area contributed by atoms with Gasteiger partial charge in [0.15, 0.2) is 5.78 Å². The van der Waals surface area contributed by atoms with Crippen molar-refractivity contribution in [1.82, 2.24) is 0 Å². The van der Waals surface area contributed by atoms with Crippen molar-refractivity contribution in [2.24, 2.45) is 5.92 Å². The summed E-state index contributed by atoms with van der Waals surface area (Å²) >= 11 is 3.15. The van der Waals surface area contributed by atoms with E-state index in [1.165, 1.54) is 18.9 Å². The van der Waals surface area contributed by atoms with Gasteiger partial charge in [0.25, 0.3) is 0 Å². The Morgan fingerprint density at radius 2 is 2.10 bits per heavy atom. The van der Waals surface area contributed by atoms with Crippen LogP contribution in [0.4, 0.5) is 4.39 Å². The Balaban J connectivity index is 1.77. The van der Waals surface area contributed by atoms with Gasteiger partial charge in [-0.25, -0.2) is 4.39 Å². The van der Waals surface area contributed by atoms with E-state index in [0.29, 0.717) is 16.6 Å². The summed E-state index contributed by atoms with van der Waals surface area (Å²) in [5, 5.41) is 0. The third kappa shape index (κ3) is 2.68. The fraction of sp³-hybridized carbons (Fsp3) is 0.562. The molecule has 0 amide bonds. The molecule has 4 heteroatoms. The molecule has 1 aromatic rings. The number of carbonyl (C=O) groups is 1. The largest absolute Gasteiger partial charge is 0.375 e. The van der Waals surface area contributed by atoms with Crippen molar-refractivity contribution in [3.8, 4) is 0 Å². The van der Waals surface area contributed by atoms with Gasteiger partial charge in [-0.05, 0) is 59.8 Å². The topological polar surface area (TPSA) is 26.3 Å². The predicted octanol–water partition coefficient (Wildman–Crippen LogP) is 4.51. The van der Waals surface area contributed by atoms with Crippen molar-refractivity contribution >= 4 is 21.7 Å². The lowest BCUT2D eigenvalue weighted by Crippen LogP contribution is -2.39. The molecule has 0 bridgehead atoms. The normalized spacial score (nSPS) is 25.0. The van der Waals surface area contributed by atoms with Gasteiger partial charge in [0.1, 0.15) is 5.82 Å². The van der Waals surface area contributed by atoms with Gasteiger partial charge >= 0.3 is 0 Å². The lowest BCUT2D eigenvalue weighted by Gasteiger charge is -2.37. The van der Waals surface area contributed by atoms with Crippen molar-refractivity contribution in [3.05, 3.63) is 34.1 Å². The van der Waals surface area contributed by atoms with Crippen LogP contribution >= 0.6 is 15.9 Å². The van der Waals surface area contributed by atoms with E-state index >= 15 is 0 Å². The highest BCUT2D eigenvalue weighted by atomic mass is 79.9. The Hall–Kier alpha value is -0.740. The van der Waals surface area contributed by atoms with E-state index in [4.69, 9.17) is 4.74 Å². The van der Waals surface area contributed by atoms with Crippen LogP contribution < -0.4 is 0 Å². The number of ketones is 1. The summed E-state index contributed by atoms with van der Waals surface area (Å²) in [6.07, 6.45) is 6.14. The molecule has 2 fully saturated rings. The van der Waals surface area contributed by atoms with Crippen molar-refractivity contribution < 1.29 is 13.9 Å². The molecule has 0 aromatic heterocycles. The predicted molar refractivity (Wildman–Crippen MR) is 78.3 cm³/mol. The molecule has 0 radical (unpaired) electrons. The van der Waals surface area contributed by atoms with Crippen LogP contribution in [0.3, 0.4) is 0 Å². The van der Waals surface area contributed by atoms with Crippen LogP contribution in [0.15, 0.2) is 22.7 Å². The molecular weight excluding hydrogens is 323 g/mol. The van der Waals surface area contributed by atoms with Gasteiger partial charge in [-0.2, -0.15) is 0 Å². The zero-order valence-electron chi connectivity index (χ0n) is 11.3. The zero-order chi connectivity index (χ0) is 14.2. The highest BCUT2D eigenvalue weighted by Crippen LogP contribution is 2.42. The fourth-order valence-electron chi connectivity index (χ4n) is 3.50. The van der Waals surface area contributed by atoms with Crippen LogP contribution in [0.5, 0.6) is 0 Å². The number of hydrogen-bond donors (Lipinski definition) is 0. The van der Waals surface area contributed by atoms with Gasteiger partial charge in [-0.1, -0.05) is 12.8 Å². The summed E-state index contributed by atoms with van der Waals surface area (Å²) in [4.78, 5) is 12.6. The number of Topliss-reactive ketones (excluding diaryl/α,β-unsaturated/α-hetero) is 1.